The number of ether oxygens (including phenoxy) is 2. The van der Waals surface area contributed by atoms with Crippen molar-refractivity contribution in [3.05, 3.63) is 29.1 Å². The number of piperazine rings is 1. The predicted molar refractivity (Wildman–Crippen MR) is 85.5 cm³/mol. The summed E-state index contributed by atoms with van der Waals surface area (Å²) >= 11 is 0. The number of nitrogens with zero attached hydrogens (tertiary/aromatic N) is 2. The molecule has 7 heteroatoms. The van der Waals surface area contributed by atoms with Gasteiger partial charge in [0.25, 0.3) is 0 Å². The van der Waals surface area contributed by atoms with E-state index in [4.69, 9.17) is 9.47 Å². The summed E-state index contributed by atoms with van der Waals surface area (Å²) in [5.74, 6) is -0.927. The maximum Gasteiger partial charge on any atom is 0.410 e. The first kappa shape index (κ1) is 16.5. The Morgan fingerprint density at radius 1 is 1.21 bits per heavy atom. The topological polar surface area (TPSA) is 59.1 Å². The van der Waals surface area contributed by atoms with Crippen molar-refractivity contribution in [3.63, 3.8) is 0 Å². The molecule has 1 saturated heterocycles. The number of amides is 1. The van der Waals surface area contributed by atoms with Gasteiger partial charge in [0.2, 0.25) is 0 Å². The summed E-state index contributed by atoms with van der Waals surface area (Å²) in [5, 5.41) is 0. The highest BCUT2D eigenvalue weighted by molar-refractivity contribution is 5.94. The summed E-state index contributed by atoms with van der Waals surface area (Å²) in [6.45, 7) is 7.58. The van der Waals surface area contributed by atoms with Crippen molar-refractivity contribution >= 4 is 17.7 Å². The summed E-state index contributed by atoms with van der Waals surface area (Å²) < 4.78 is 24.6. The standard InChI is InChI=1S/C17H21FN2O4/c1-17(2,3)24-16(22)20-6-4-19(5-7-20)14-8-11-10-23-15(21)12(11)9-13(14)18/h8-9H,4-7,10H2,1-3H3. The third-order valence-corrected chi connectivity index (χ3v) is 4.02. The molecule has 24 heavy (non-hydrogen) atoms. The Balaban J connectivity index is 1.67. The molecule has 0 bridgehead atoms. The number of anilines is 1. The van der Waals surface area contributed by atoms with Crippen LogP contribution in [0, 0.1) is 5.82 Å². The molecule has 1 aromatic rings. The van der Waals surface area contributed by atoms with Gasteiger partial charge in [-0.1, -0.05) is 0 Å². The van der Waals surface area contributed by atoms with Gasteiger partial charge < -0.3 is 19.3 Å². The van der Waals surface area contributed by atoms with E-state index in [9.17, 15) is 14.0 Å². The van der Waals surface area contributed by atoms with Crippen molar-refractivity contribution in [2.45, 2.75) is 33.0 Å². The fourth-order valence-electron chi connectivity index (χ4n) is 2.83. The maximum absolute atomic E-state index is 14.3. The first-order chi connectivity index (χ1) is 11.2. The Labute approximate surface area is 140 Å². The normalized spacial score (nSPS) is 17.6. The molecule has 1 amide bonds. The molecule has 0 saturated carbocycles. The lowest BCUT2D eigenvalue weighted by atomic mass is 10.1. The van der Waals surface area contributed by atoms with E-state index in [-0.39, 0.29) is 12.7 Å². The lowest BCUT2D eigenvalue weighted by Gasteiger charge is -2.37. The van der Waals surface area contributed by atoms with E-state index in [1.54, 1.807) is 11.0 Å². The highest BCUT2D eigenvalue weighted by atomic mass is 19.1. The fourth-order valence-corrected chi connectivity index (χ4v) is 2.83. The summed E-state index contributed by atoms with van der Waals surface area (Å²) in [6, 6.07) is 2.90. The third kappa shape index (κ3) is 3.29. The minimum Gasteiger partial charge on any atom is -0.457 e. The monoisotopic (exact) mass is 336 g/mol. The largest absolute Gasteiger partial charge is 0.457 e. The predicted octanol–water partition coefficient (Wildman–Crippen LogP) is 2.55. The molecule has 0 spiro atoms. The van der Waals surface area contributed by atoms with Crippen molar-refractivity contribution in [3.8, 4) is 0 Å². The molecule has 0 atom stereocenters. The molecule has 3 rings (SSSR count). The van der Waals surface area contributed by atoms with Crippen LogP contribution in [0.3, 0.4) is 0 Å². The van der Waals surface area contributed by atoms with Gasteiger partial charge in [-0.3, -0.25) is 0 Å². The number of benzene rings is 1. The number of carbonyl (C=O) groups excluding carboxylic acids is 2. The fraction of sp³-hybridized carbons (Fsp3) is 0.529. The van der Waals surface area contributed by atoms with Crippen molar-refractivity contribution in [1.29, 1.82) is 0 Å². The average molecular weight is 336 g/mol. The molecule has 0 aromatic heterocycles. The van der Waals surface area contributed by atoms with Gasteiger partial charge in [0.05, 0.1) is 11.3 Å². The molecular weight excluding hydrogens is 315 g/mol. The second kappa shape index (κ2) is 5.96. The number of cyclic esters (lactones) is 1. The van der Waals surface area contributed by atoms with Crippen LogP contribution >= 0.6 is 0 Å². The second-order valence-electron chi connectivity index (χ2n) is 6.99. The van der Waals surface area contributed by atoms with Crippen LogP contribution in [-0.4, -0.2) is 48.7 Å². The highest BCUT2D eigenvalue weighted by Gasteiger charge is 2.29. The zero-order chi connectivity index (χ0) is 17.5. The minimum atomic E-state index is -0.535. The van der Waals surface area contributed by atoms with Crippen LogP contribution in [0.5, 0.6) is 0 Å². The van der Waals surface area contributed by atoms with Gasteiger partial charge >= 0.3 is 12.1 Å². The number of rotatable bonds is 1. The number of halogens is 1. The second-order valence-corrected chi connectivity index (χ2v) is 6.99. The average Bonchev–Trinajstić information content (AvgIpc) is 2.86. The molecule has 6 nitrogen and oxygen atoms in total. The quantitative estimate of drug-likeness (QED) is 0.738. The van der Waals surface area contributed by atoms with Gasteiger partial charge in [-0.25, -0.2) is 14.0 Å². The smallest absolute Gasteiger partial charge is 0.410 e. The minimum absolute atomic E-state index is 0.180. The summed E-state index contributed by atoms with van der Waals surface area (Å²) in [7, 11) is 0. The molecule has 0 aliphatic carbocycles. The number of esters is 1. The zero-order valence-corrected chi connectivity index (χ0v) is 14.1. The van der Waals surface area contributed by atoms with Crippen LogP contribution < -0.4 is 4.90 Å². The molecule has 0 radical (unpaired) electrons. The van der Waals surface area contributed by atoms with Crippen molar-refractivity contribution in [1.82, 2.24) is 4.90 Å². The molecule has 0 N–H and O–H groups in total. The van der Waals surface area contributed by atoms with Gasteiger partial charge in [0, 0.05) is 31.7 Å². The van der Waals surface area contributed by atoms with E-state index in [0.29, 0.717) is 43.0 Å². The molecule has 1 aromatic carbocycles. The zero-order valence-electron chi connectivity index (χ0n) is 14.1. The van der Waals surface area contributed by atoms with Gasteiger partial charge in [-0.2, -0.15) is 0 Å². The Kier molecular flexibility index (Phi) is 4.11. The summed E-state index contributed by atoms with van der Waals surface area (Å²) in [4.78, 5) is 27.0. The van der Waals surface area contributed by atoms with Gasteiger partial charge in [-0.05, 0) is 32.9 Å². The molecule has 130 valence electrons. The Morgan fingerprint density at radius 2 is 1.88 bits per heavy atom. The number of hydrogen-bond acceptors (Lipinski definition) is 5. The molecule has 2 heterocycles. The van der Waals surface area contributed by atoms with E-state index >= 15 is 0 Å². The van der Waals surface area contributed by atoms with Crippen LogP contribution in [0.2, 0.25) is 0 Å². The van der Waals surface area contributed by atoms with Gasteiger partial charge in [0.1, 0.15) is 18.0 Å². The van der Waals surface area contributed by atoms with E-state index < -0.39 is 17.4 Å². The van der Waals surface area contributed by atoms with Crippen LogP contribution in [-0.2, 0) is 16.1 Å². The summed E-state index contributed by atoms with van der Waals surface area (Å²) in [6.07, 6.45) is -0.351. The number of carbonyl (C=O) groups is 2. The highest BCUT2D eigenvalue weighted by Crippen LogP contribution is 2.29. The van der Waals surface area contributed by atoms with Crippen LogP contribution in [0.15, 0.2) is 12.1 Å². The third-order valence-electron chi connectivity index (χ3n) is 4.02. The lowest BCUT2D eigenvalue weighted by Crippen LogP contribution is -2.50. The van der Waals surface area contributed by atoms with Crippen LogP contribution in [0.1, 0.15) is 36.7 Å². The van der Waals surface area contributed by atoms with E-state index in [1.807, 2.05) is 25.7 Å². The molecule has 2 aliphatic rings. The van der Waals surface area contributed by atoms with Crippen molar-refractivity contribution in [2.24, 2.45) is 0 Å². The summed E-state index contributed by atoms with van der Waals surface area (Å²) in [5.41, 5.74) is 0.901. The van der Waals surface area contributed by atoms with Crippen molar-refractivity contribution in [2.75, 3.05) is 31.1 Å². The Morgan fingerprint density at radius 3 is 2.50 bits per heavy atom. The van der Waals surface area contributed by atoms with Gasteiger partial charge in [0.15, 0.2) is 0 Å². The Bertz CT molecular complexity index is 676. The first-order valence-electron chi connectivity index (χ1n) is 7.97. The first-order valence-corrected chi connectivity index (χ1v) is 7.97. The Hall–Kier alpha value is -2.31. The molecule has 0 unspecified atom stereocenters. The number of hydrogen-bond donors (Lipinski definition) is 0. The molecule has 2 aliphatic heterocycles. The maximum atomic E-state index is 14.3. The van der Waals surface area contributed by atoms with E-state index in [1.165, 1.54) is 6.07 Å². The van der Waals surface area contributed by atoms with Crippen molar-refractivity contribution < 1.29 is 23.5 Å². The lowest BCUT2D eigenvalue weighted by molar-refractivity contribution is 0.0240. The van der Waals surface area contributed by atoms with Crippen LogP contribution in [0.4, 0.5) is 14.9 Å². The van der Waals surface area contributed by atoms with E-state index in [0.717, 1.165) is 0 Å². The van der Waals surface area contributed by atoms with E-state index in [2.05, 4.69) is 0 Å². The molecular formula is C17H21FN2O4. The van der Waals surface area contributed by atoms with Gasteiger partial charge in [-0.15, -0.1) is 0 Å². The number of fused-ring (bicyclic) bond motifs is 1. The van der Waals surface area contributed by atoms with Crippen LogP contribution in [0.25, 0.3) is 0 Å². The SMILES string of the molecule is CC(C)(C)OC(=O)N1CCN(c2cc3c(cc2F)C(=O)OC3)CC1. The molecule has 1 fully saturated rings.